The van der Waals surface area contributed by atoms with Crippen molar-refractivity contribution in [1.82, 2.24) is 9.97 Å². The highest BCUT2D eigenvalue weighted by Crippen LogP contribution is 2.37. The van der Waals surface area contributed by atoms with Gasteiger partial charge in [0.15, 0.2) is 0 Å². The zero-order valence-electron chi connectivity index (χ0n) is 11.0. The van der Waals surface area contributed by atoms with Gasteiger partial charge in [0, 0.05) is 7.05 Å². The van der Waals surface area contributed by atoms with E-state index in [1.54, 1.807) is 31.3 Å². The number of nitrogens with two attached hydrogens (primary N) is 1. The fourth-order valence-electron chi connectivity index (χ4n) is 1.82. The third-order valence-electron chi connectivity index (χ3n) is 2.78. The molecule has 0 aliphatic rings. The minimum Gasteiger partial charge on any atom is -0.495 e. The van der Waals surface area contributed by atoms with Crippen molar-refractivity contribution in [2.75, 3.05) is 24.8 Å². The molecular weight excluding hydrogens is 262 g/mol. The molecule has 0 saturated carbocycles. The van der Waals surface area contributed by atoms with Crippen LogP contribution in [0.3, 0.4) is 0 Å². The number of ether oxygens (including phenoxy) is 1. The molecule has 8 heteroatoms. The molecule has 0 unspecified atom stereocenters. The third-order valence-corrected chi connectivity index (χ3v) is 2.78. The van der Waals surface area contributed by atoms with Gasteiger partial charge < -0.3 is 15.4 Å². The Kier molecular flexibility index (Phi) is 3.65. The van der Waals surface area contributed by atoms with Crippen molar-refractivity contribution in [3.05, 3.63) is 40.7 Å². The van der Waals surface area contributed by atoms with Crippen LogP contribution in [0.4, 0.5) is 23.0 Å². The van der Waals surface area contributed by atoms with Gasteiger partial charge in [0.1, 0.15) is 12.1 Å². The highest BCUT2D eigenvalue weighted by atomic mass is 16.6. The van der Waals surface area contributed by atoms with Gasteiger partial charge in [0.05, 0.1) is 17.7 Å². The molecule has 0 spiro atoms. The lowest BCUT2D eigenvalue weighted by Crippen LogP contribution is -2.15. The van der Waals surface area contributed by atoms with Crippen molar-refractivity contribution >= 4 is 23.0 Å². The summed E-state index contributed by atoms with van der Waals surface area (Å²) in [5.41, 5.74) is 5.86. The number of benzene rings is 1. The topological polar surface area (TPSA) is 107 Å². The van der Waals surface area contributed by atoms with Crippen molar-refractivity contribution in [2.45, 2.75) is 0 Å². The molecule has 1 heterocycles. The standard InChI is InChI=1S/C12H13N5O3/c1-16(8-5-3-4-6-9(8)20-2)12-10(17(18)19)11(13)14-7-15-12/h3-7H,1-2H3,(H2,13,14,15). The summed E-state index contributed by atoms with van der Waals surface area (Å²) < 4.78 is 5.23. The van der Waals surface area contributed by atoms with Gasteiger partial charge in [0.25, 0.3) is 0 Å². The number of aromatic nitrogens is 2. The van der Waals surface area contributed by atoms with Gasteiger partial charge in [0.2, 0.25) is 11.6 Å². The summed E-state index contributed by atoms with van der Waals surface area (Å²) in [5.74, 6) is 0.496. The van der Waals surface area contributed by atoms with Crippen molar-refractivity contribution in [3.8, 4) is 5.75 Å². The Morgan fingerprint density at radius 1 is 1.35 bits per heavy atom. The summed E-state index contributed by atoms with van der Waals surface area (Å²) >= 11 is 0. The number of para-hydroxylation sites is 2. The molecule has 0 radical (unpaired) electrons. The first-order valence-electron chi connectivity index (χ1n) is 5.68. The van der Waals surface area contributed by atoms with Crippen molar-refractivity contribution in [1.29, 1.82) is 0 Å². The van der Waals surface area contributed by atoms with Gasteiger partial charge >= 0.3 is 5.69 Å². The zero-order chi connectivity index (χ0) is 14.7. The molecule has 8 nitrogen and oxygen atoms in total. The van der Waals surface area contributed by atoms with Gasteiger partial charge in [-0.1, -0.05) is 12.1 Å². The van der Waals surface area contributed by atoms with Crippen LogP contribution in [0.25, 0.3) is 0 Å². The first-order valence-corrected chi connectivity index (χ1v) is 5.68. The van der Waals surface area contributed by atoms with Crippen LogP contribution in [0, 0.1) is 10.1 Å². The predicted octanol–water partition coefficient (Wildman–Crippen LogP) is 1.74. The van der Waals surface area contributed by atoms with Gasteiger partial charge in [-0.3, -0.25) is 10.1 Å². The second kappa shape index (κ2) is 5.39. The van der Waals surface area contributed by atoms with Crippen molar-refractivity contribution in [3.63, 3.8) is 0 Å². The molecule has 0 amide bonds. The number of methoxy groups -OCH3 is 1. The van der Waals surface area contributed by atoms with Crippen LogP contribution in [0.2, 0.25) is 0 Å². The van der Waals surface area contributed by atoms with Gasteiger partial charge in [-0.15, -0.1) is 0 Å². The molecule has 1 aromatic carbocycles. The maximum atomic E-state index is 11.1. The van der Waals surface area contributed by atoms with E-state index in [1.165, 1.54) is 18.3 Å². The van der Waals surface area contributed by atoms with Gasteiger partial charge in [-0.2, -0.15) is 0 Å². The largest absolute Gasteiger partial charge is 0.495 e. The molecule has 0 aliphatic carbocycles. The maximum Gasteiger partial charge on any atom is 0.353 e. The monoisotopic (exact) mass is 275 g/mol. The third kappa shape index (κ3) is 2.30. The van der Waals surface area contributed by atoms with E-state index in [9.17, 15) is 10.1 Å². The number of anilines is 3. The Hall–Kier alpha value is -2.90. The Labute approximate surface area is 115 Å². The Bertz CT molecular complexity index is 647. The molecule has 0 saturated heterocycles. The Morgan fingerprint density at radius 2 is 2.05 bits per heavy atom. The molecule has 1 aromatic heterocycles. The first-order chi connectivity index (χ1) is 9.56. The number of hydrogen-bond acceptors (Lipinski definition) is 7. The van der Waals surface area contributed by atoms with Crippen LogP contribution in [0.1, 0.15) is 0 Å². The number of rotatable bonds is 4. The number of nitrogens with zero attached hydrogens (tertiary/aromatic N) is 4. The quantitative estimate of drug-likeness (QED) is 0.668. The van der Waals surface area contributed by atoms with Crippen LogP contribution < -0.4 is 15.4 Å². The first kappa shape index (κ1) is 13.5. The smallest absolute Gasteiger partial charge is 0.353 e. The predicted molar refractivity (Wildman–Crippen MR) is 74.2 cm³/mol. The molecule has 0 fully saturated rings. The molecule has 2 N–H and O–H groups in total. The van der Waals surface area contributed by atoms with E-state index < -0.39 is 4.92 Å². The minimum atomic E-state index is -0.601. The lowest BCUT2D eigenvalue weighted by atomic mass is 10.2. The fraction of sp³-hybridized carbons (Fsp3) is 0.167. The van der Waals surface area contributed by atoms with Crippen LogP contribution >= 0.6 is 0 Å². The average Bonchev–Trinajstić information content (AvgIpc) is 2.45. The molecule has 2 rings (SSSR count). The van der Waals surface area contributed by atoms with Crippen LogP contribution in [-0.4, -0.2) is 29.0 Å². The SMILES string of the molecule is COc1ccccc1N(C)c1ncnc(N)c1[N+](=O)[O-]. The van der Waals surface area contributed by atoms with Crippen LogP contribution in [0.5, 0.6) is 5.75 Å². The van der Waals surface area contributed by atoms with E-state index in [4.69, 9.17) is 10.5 Å². The van der Waals surface area contributed by atoms with E-state index in [0.29, 0.717) is 11.4 Å². The average molecular weight is 275 g/mol. The summed E-state index contributed by atoms with van der Waals surface area (Å²) in [6, 6.07) is 7.12. The summed E-state index contributed by atoms with van der Waals surface area (Å²) in [4.78, 5) is 19.7. The second-order valence-electron chi connectivity index (χ2n) is 3.92. The van der Waals surface area contributed by atoms with Gasteiger partial charge in [-0.25, -0.2) is 9.97 Å². The molecule has 0 aliphatic heterocycles. The molecule has 2 aromatic rings. The fourth-order valence-corrected chi connectivity index (χ4v) is 1.82. The second-order valence-corrected chi connectivity index (χ2v) is 3.92. The van der Waals surface area contributed by atoms with E-state index in [0.717, 1.165) is 0 Å². The summed E-state index contributed by atoms with van der Waals surface area (Å²) in [6.45, 7) is 0. The molecule has 0 atom stereocenters. The number of nitro groups is 1. The normalized spacial score (nSPS) is 10.1. The maximum absolute atomic E-state index is 11.1. The lowest BCUT2D eigenvalue weighted by Gasteiger charge is -2.20. The van der Waals surface area contributed by atoms with Crippen LogP contribution in [-0.2, 0) is 0 Å². The van der Waals surface area contributed by atoms with Gasteiger partial charge in [-0.05, 0) is 12.1 Å². The van der Waals surface area contributed by atoms with E-state index in [1.807, 2.05) is 0 Å². The molecule has 20 heavy (non-hydrogen) atoms. The van der Waals surface area contributed by atoms with Crippen LogP contribution in [0.15, 0.2) is 30.6 Å². The number of nitrogen functional groups attached to an aromatic ring is 1. The number of hydrogen-bond donors (Lipinski definition) is 1. The minimum absolute atomic E-state index is 0.104. The lowest BCUT2D eigenvalue weighted by molar-refractivity contribution is -0.383. The van der Waals surface area contributed by atoms with E-state index in [-0.39, 0.29) is 17.3 Å². The molecular formula is C12H13N5O3. The van der Waals surface area contributed by atoms with E-state index in [2.05, 4.69) is 9.97 Å². The highest BCUT2D eigenvalue weighted by molar-refractivity contribution is 5.76. The van der Waals surface area contributed by atoms with Crippen molar-refractivity contribution in [2.24, 2.45) is 0 Å². The Balaban J connectivity index is 2.57. The molecule has 0 bridgehead atoms. The Morgan fingerprint density at radius 3 is 2.70 bits per heavy atom. The summed E-state index contributed by atoms with van der Waals surface area (Å²) in [6.07, 6.45) is 1.18. The summed E-state index contributed by atoms with van der Waals surface area (Å²) in [7, 11) is 3.17. The van der Waals surface area contributed by atoms with E-state index >= 15 is 0 Å². The van der Waals surface area contributed by atoms with Crippen molar-refractivity contribution < 1.29 is 9.66 Å². The summed E-state index contributed by atoms with van der Waals surface area (Å²) in [5, 5.41) is 11.1. The molecule has 104 valence electrons. The zero-order valence-corrected chi connectivity index (χ0v) is 11.0. The highest BCUT2D eigenvalue weighted by Gasteiger charge is 2.25.